The maximum atomic E-state index is 10.4. The fourth-order valence-electron chi connectivity index (χ4n) is 4.22. The van der Waals surface area contributed by atoms with E-state index in [1.807, 2.05) is 24.3 Å². The van der Waals surface area contributed by atoms with Crippen LogP contribution in [0.25, 0.3) is 0 Å². The van der Waals surface area contributed by atoms with Gasteiger partial charge in [-0.1, -0.05) is 50.4 Å². The first-order chi connectivity index (χ1) is 13.5. The van der Waals surface area contributed by atoms with Crippen LogP contribution in [0.4, 0.5) is 0 Å². The number of unbranched alkanes of at least 4 members (excludes halogenated alkanes) is 2. The SMILES string of the molecule is CCCCSC1(SCCCC)N=C(N)C2(C#N)C(c3ccc(Cl)cc3)C12C#N. The molecule has 1 saturated carbocycles. The monoisotopic (exact) mass is 432 g/mol. The van der Waals surface area contributed by atoms with Crippen LogP contribution >= 0.6 is 35.1 Å². The lowest BCUT2D eigenvalue weighted by Crippen LogP contribution is -2.32. The zero-order valence-corrected chi connectivity index (χ0v) is 18.6. The highest BCUT2D eigenvalue weighted by Gasteiger charge is 2.91. The van der Waals surface area contributed by atoms with Crippen molar-refractivity contribution in [3.8, 4) is 12.1 Å². The van der Waals surface area contributed by atoms with Gasteiger partial charge in [-0.25, -0.2) is 4.99 Å². The number of nitrogens with two attached hydrogens (primary N) is 1. The first kappa shape index (κ1) is 21.4. The Kier molecular flexibility index (Phi) is 6.25. The lowest BCUT2D eigenvalue weighted by atomic mass is 9.97. The van der Waals surface area contributed by atoms with Gasteiger partial charge in [0.2, 0.25) is 0 Å². The third kappa shape index (κ3) is 2.84. The molecular weight excluding hydrogens is 408 g/mol. The molecule has 0 spiro atoms. The standard InChI is InChI=1S/C21H25ClN4S2/c1-3-5-11-27-21(28-12-6-4-2)20(14-24)17(15-7-9-16(22)10-8-15)19(20,13-23)18(25)26-21/h7-10,17H,3-6,11-12H2,1-2H3,(H2,25,26). The summed E-state index contributed by atoms with van der Waals surface area (Å²) in [6.07, 6.45) is 4.24. The van der Waals surface area contributed by atoms with E-state index >= 15 is 0 Å². The highest BCUT2D eigenvalue weighted by Crippen LogP contribution is 2.85. The van der Waals surface area contributed by atoms with Crippen molar-refractivity contribution in [2.45, 2.75) is 49.7 Å². The second kappa shape index (κ2) is 8.19. The molecule has 1 aliphatic heterocycles. The molecule has 0 bridgehead atoms. The second-order valence-corrected chi connectivity index (χ2v) is 10.6. The van der Waals surface area contributed by atoms with Crippen molar-refractivity contribution in [3.05, 3.63) is 34.9 Å². The predicted octanol–water partition coefficient (Wildman–Crippen LogP) is 5.55. The maximum Gasteiger partial charge on any atom is 0.175 e. The summed E-state index contributed by atoms with van der Waals surface area (Å²) in [7, 11) is 0. The van der Waals surface area contributed by atoms with E-state index in [2.05, 4.69) is 26.0 Å². The number of nitriles is 2. The Balaban J connectivity index is 2.08. The van der Waals surface area contributed by atoms with Gasteiger partial charge in [0.25, 0.3) is 0 Å². The summed E-state index contributed by atoms with van der Waals surface area (Å²) >= 11 is 9.45. The Bertz CT molecular complexity index is 831. The van der Waals surface area contributed by atoms with Crippen LogP contribution < -0.4 is 5.73 Å². The van der Waals surface area contributed by atoms with Crippen molar-refractivity contribution in [3.63, 3.8) is 0 Å². The Morgan fingerprint density at radius 1 is 1.07 bits per heavy atom. The fourth-order valence-corrected chi connectivity index (χ4v) is 8.03. The number of aliphatic imine (C=N–C) groups is 1. The van der Waals surface area contributed by atoms with Crippen LogP contribution in [-0.2, 0) is 0 Å². The summed E-state index contributed by atoms with van der Waals surface area (Å²) in [4.78, 5) is 4.82. The highest BCUT2D eigenvalue weighted by molar-refractivity contribution is 8.18. The molecule has 1 fully saturated rings. The van der Waals surface area contributed by atoms with Gasteiger partial charge < -0.3 is 5.73 Å². The van der Waals surface area contributed by atoms with Gasteiger partial charge in [-0.3, -0.25) is 0 Å². The van der Waals surface area contributed by atoms with Crippen LogP contribution in [0.3, 0.4) is 0 Å². The van der Waals surface area contributed by atoms with Crippen LogP contribution in [0.15, 0.2) is 29.3 Å². The molecule has 1 aromatic carbocycles. The summed E-state index contributed by atoms with van der Waals surface area (Å²) in [6, 6.07) is 12.4. The summed E-state index contributed by atoms with van der Waals surface area (Å²) in [6.45, 7) is 4.30. The van der Waals surface area contributed by atoms with E-state index in [1.165, 1.54) is 0 Å². The third-order valence-corrected chi connectivity index (χ3v) is 9.28. The number of fused-ring (bicyclic) bond motifs is 1. The van der Waals surface area contributed by atoms with E-state index in [-0.39, 0.29) is 5.92 Å². The van der Waals surface area contributed by atoms with Gasteiger partial charge in [0.1, 0.15) is 16.7 Å². The minimum Gasteiger partial charge on any atom is -0.386 e. The third-order valence-electron chi connectivity index (χ3n) is 5.72. The quantitative estimate of drug-likeness (QED) is 0.408. The summed E-state index contributed by atoms with van der Waals surface area (Å²) in [5.74, 6) is 1.81. The normalized spacial score (nSPS) is 29.5. The Labute approximate surface area is 180 Å². The number of hydrogen-bond donors (Lipinski definition) is 1. The van der Waals surface area contributed by atoms with Crippen LogP contribution in [0.1, 0.15) is 51.0 Å². The lowest BCUT2D eigenvalue weighted by molar-refractivity contribution is 0.562. The lowest BCUT2D eigenvalue weighted by Gasteiger charge is -2.32. The highest BCUT2D eigenvalue weighted by atomic mass is 35.5. The van der Waals surface area contributed by atoms with E-state index in [0.29, 0.717) is 10.9 Å². The molecule has 1 aromatic rings. The van der Waals surface area contributed by atoms with Crippen molar-refractivity contribution in [1.29, 1.82) is 10.5 Å². The first-order valence-electron chi connectivity index (χ1n) is 9.71. The van der Waals surface area contributed by atoms with E-state index < -0.39 is 15.0 Å². The second-order valence-electron chi connectivity index (χ2n) is 7.31. The first-order valence-corrected chi connectivity index (χ1v) is 12.1. The molecule has 2 N–H and O–H groups in total. The van der Waals surface area contributed by atoms with Gasteiger partial charge >= 0.3 is 0 Å². The zero-order valence-electron chi connectivity index (χ0n) is 16.2. The molecule has 1 aliphatic carbocycles. The van der Waals surface area contributed by atoms with Crippen LogP contribution in [0, 0.1) is 33.5 Å². The van der Waals surface area contributed by atoms with Crippen molar-refractivity contribution in [2.24, 2.45) is 21.6 Å². The Hall–Kier alpha value is -1.34. The molecule has 0 amide bonds. The molecule has 148 valence electrons. The average Bonchev–Trinajstić information content (AvgIpc) is 3.27. The average molecular weight is 433 g/mol. The van der Waals surface area contributed by atoms with Crippen molar-refractivity contribution < 1.29 is 0 Å². The minimum absolute atomic E-state index is 0.284. The maximum absolute atomic E-state index is 10.4. The number of thioether (sulfide) groups is 2. The van der Waals surface area contributed by atoms with E-state index in [0.717, 1.165) is 42.8 Å². The Morgan fingerprint density at radius 3 is 2.11 bits per heavy atom. The number of amidine groups is 1. The molecule has 28 heavy (non-hydrogen) atoms. The topological polar surface area (TPSA) is 86.0 Å². The largest absolute Gasteiger partial charge is 0.386 e. The predicted molar refractivity (Wildman–Crippen MR) is 119 cm³/mol. The van der Waals surface area contributed by atoms with Gasteiger partial charge in [0.05, 0.1) is 12.1 Å². The molecule has 0 saturated heterocycles. The van der Waals surface area contributed by atoms with E-state index in [4.69, 9.17) is 22.3 Å². The van der Waals surface area contributed by atoms with Crippen molar-refractivity contribution in [2.75, 3.05) is 11.5 Å². The molecule has 0 radical (unpaired) electrons. The molecule has 1 heterocycles. The molecule has 2 aliphatic rings. The van der Waals surface area contributed by atoms with Gasteiger partial charge in [-0.2, -0.15) is 10.5 Å². The molecule has 7 heteroatoms. The van der Waals surface area contributed by atoms with Crippen LogP contribution in [0.5, 0.6) is 0 Å². The molecule has 4 nitrogen and oxygen atoms in total. The molecule has 3 atom stereocenters. The number of nitrogens with zero attached hydrogens (tertiary/aromatic N) is 3. The fraction of sp³-hybridized carbons (Fsp3) is 0.571. The summed E-state index contributed by atoms with van der Waals surface area (Å²) in [5, 5.41) is 21.3. The van der Waals surface area contributed by atoms with Crippen LogP contribution in [0.2, 0.25) is 5.02 Å². The minimum atomic E-state index is -1.06. The van der Waals surface area contributed by atoms with Gasteiger partial charge in [0, 0.05) is 10.9 Å². The molecule has 3 rings (SSSR count). The number of rotatable bonds is 9. The van der Waals surface area contributed by atoms with Gasteiger partial charge in [-0.05, 0) is 42.0 Å². The van der Waals surface area contributed by atoms with E-state index in [1.54, 1.807) is 23.5 Å². The summed E-state index contributed by atoms with van der Waals surface area (Å²) in [5.41, 5.74) is 5.31. The molecule has 3 unspecified atom stereocenters. The van der Waals surface area contributed by atoms with E-state index in [9.17, 15) is 10.5 Å². The van der Waals surface area contributed by atoms with Gasteiger partial charge in [0.15, 0.2) is 4.20 Å². The van der Waals surface area contributed by atoms with Crippen molar-refractivity contribution in [1.82, 2.24) is 0 Å². The zero-order chi connectivity index (χ0) is 20.4. The Morgan fingerprint density at radius 2 is 1.64 bits per heavy atom. The summed E-state index contributed by atoms with van der Waals surface area (Å²) < 4.78 is -0.740. The number of halogens is 1. The smallest absolute Gasteiger partial charge is 0.175 e. The van der Waals surface area contributed by atoms with Crippen molar-refractivity contribution >= 4 is 41.0 Å². The van der Waals surface area contributed by atoms with Gasteiger partial charge in [-0.15, -0.1) is 23.5 Å². The molecular formula is C21H25ClN4S2. The number of benzene rings is 1. The molecule has 0 aromatic heterocycles. The number of hydrogen-bond acceptors (Lipinski definition) is 6. The van der Waals surface area contributed by atoms with Crippen LogP contribution in [-0.4, -0.2) is 21.5 Å².